The van der Waals surface area contributed by atoms with Crippen molar-refractivity contribution in [2.24, 2.45) is 5.10 Å². The third-order valence-electron chi connectivity index (χ3n) is 3.02. The van der Waals surface area contributed by atoms with Crippen LogP contribution >= 0.6 is 11.6 Å². The van der Waals surface area contributed by atoms with Gasteiger partial charge in [0.1, 0.15) is 6.33 Å². The molecule has 1 N–H and O–H groups in total. The third-order valence-corrected chi connectivity index (χ3v) is 3.36. The number of hydrogen-bond donors (Lipinski definition) is 1. The highest BCUT2D eigenvalue weighted by atomic mass is 35.5. The highest BCUT2D eigenvalue weighted by molar-refractivity contribution is 6.33. The molecular formula is C15H11ClN6O. The van der Waals surface area contributed by atoms with Gasteiger partial charge in [0.05, 0.1) is 11.9 Å². The van der Waals surface area contributed by atoms with Crippen LogP contribution in [0, 0.1) is 0 Å². The van der Waals surface area contributed by atoms with Crippen LogP contribution in [0.3, 0.4) is 0 Å². The second kappa shape index (κ2) is 6.80. The van der Waals surface area contributed by atoms with Crippen molar-refractivity contribution in [1.29, 1.82) is 0 Å². The summed E-state index contributed by atoms with van der Waals surface area (Å²) in [5, 5.41) is 15.4. The topological polar surface area (TPSA) is 85.1 Å². The predicted octanol–water partition coefficient (Wildman–Crippen LogP) is 2.08. The van der Waals surface area contributed by atoms with Crippen molar-refractivity contribution in [3.05, 3.63) is 71.0 Å². The van der Waals surface area contributed by atoms with Crippen LogP contribution in [0.25, 0.3) is 5.69 Å². The molecule has 3 rings (SSSR count). The summed E-state index contributed by atoms with van der Waals surface area (Å²) in [5.74, 6) is -0.323. The minimum atomic E-state index is -0.323. The first-order valence-corrected chi connectivity index (χ1v) is 7.03. The molecule has 0 spiro atoms. The normalized spacial score (nSPS) is 10.8. The summed E-state index contributed by atoms with van der Waals surface area (Å²) in [7, 11) is 0. The largest absolute Gasteiger partial charge is 0.271 e. The third kappa shape index (κ3) is 3.58. The number of amides is 1. The van der Waals surface area contributed by atoms with Crippen LogP contribution in [0.15, 0.2) is 60.0 Å². The molecule has 1 aromatic heterocycles. The van der Waals surface area contributed by atoms with Crippen LogP contribution < -0.4 is 5.43 Å². The second-order valence-electron chi connectivity index (χ2n) is 4.52. The van der Waals surface area contributed by atoms with Gasteiger partial charge < -0.3 is 0 Å². The number of nitrogens with one attached hydrogen (secondary N) is 1. The van der Waals surface area contributed by atoms with E-state index in [9.17, 15) is 4.79 Å². The molecule has 0 aliphatic heterocycles. The Morgan fingerprint density at radius 2 is 1.96 bits per heavy atom. The monoisotopic (exact) mass is 326 g/mol. The number of rotatable bonds is 4. The summed E-state index contributed by atoms with van der Waals surface area (Å²) >= 11 is 6.00. The SMILES string of the molecule is O=C(NN=Cc1ccccc1Cl)c1ccc(-n2cnnn2)cc1. The molecule has 2 aromatic carbocycles. The van der Waals surface area contributed by atoms with E-state index >= 15 is 0 Å². The van der Waals surface area contributed by atoms with Crippen molar-refractivity contribution >= 4 is 23.7 Å². The Morgan fingerprint density at radius 3 is 2.65 bits per heavy atom. The zero-order chi connectivity index (χ0) is 16.1. The maximum absolute atomic E-state index is 12.0. The van der Waals surface area contributed by atoms with E-state index in [1.165, 1.54) is 17.2 Å². The zero-order valence-corrected chi connectivity index (χ0v) is 12.6. The first kappa shape index (κ1) is 14.9. The molecule has 0 fully saturated rings. The number of nitrogens with zero attached hydrogens (tertiary/aromatic N) is 5. The Labute approximate surface area is 136 Å². The number of hydrogen-bond acceptors (Lipinski definition) is 5. The van der Waals surface area contributed by atoms with E-state index in [4.69, 9.17) is 11.6 Å². The van der Waals surface area contributed by atoms with Crippen LogP contribution in [0.2, 0.25) is 5.02 Å². The van der Waals surface area contributed by atoms with E-state index in [0.29, 0.717) is 10.6 Å². The molecule has 1 heterocycles. The van der Waals surface area contributed by atoms with Crippen LogP contribution in [-0.4, -0.2) is 32.3 Å². The molecule has 114 valence electrons. The molecular weight excluding hydrogens is 316 g/mol. The zero-order valence-electron chi connectivity index (χ0n) is 11.8. The molecule has 8 heteroatoms. The lowest BCUT2D eigenvalue weighted by atomic mass is 10.2. The molecule has 23 heavy (non-hydrogen) atoms. The van der Waals surface area contributed by atoms with Gasteiger partial charge in [-0.25, -0.2) is 10.1 Å². The quantitative estimate of drug-likeness (QED) is 0.587. The van der Waals surface area contributed by atoms with E-state index in [0.717, 1.165) is 11.3 Å². The van der Waals surface area contributed by atoms with E-state index in [1.54, 1.807) is 36.4 Å². The van der Waals surface area contributed by atoms with Gasteiger partial charge in [-0.2, -0.15) is 5.10 Å². The van der Waals surface area contributed by atoms with Crippen LogP contribution in [0.1, 0.15) is 15.9 Å². The maximum atomic E-state index is 12.0. The summed E-state index contributed by atoms with van der Waals surface area (Å²) in [5.41, 5.74) is 4.41. The number of carbonyl (C=O) groups excluding carboxylic acids is 1. The van der Waals surface area contributed by atoms with Gasteiger partial charge >= 0.3 is 0 Å². The molecule has 0 aliphatic rings. The van der Waals surface area contributed by atoms with Gasteiger partial charge in [-0.05, 0) is 40.8 Å². The Bertz CT molecular complexity index is 829. The second-order valence-corrected chi connectivity index (χ2v) is 4.93. The molecule has 0 aliphatic carbocycles. The summed E-state index contributed by atoms with van der Waals surface area (Å²) in [4.78, 5) is 12.0. The van der Waals surface area contributed by atoms with Crippen molar-refractivity contribution in [1.82, 2.24) is 25.6 Å². The smallest absolute Gasteiger partial charge is 0.267 e. The number of aromatic nitrogens is 4. The lowest BCUT2D eigenvalue weighted by Crippen LogP contribution is -2.17. The summed E-state index contributed by atoms with van der Waals surface area (Å²) < 4.78 is 1.50. The summed E-state index contributed by atoms with van der Waals surface area (Å²) in [6, 6.07) is 14.0. The Hall–Kier alpha value is -3.06. The molecule has 0 saturated carbocycles. The fourth-order valence-corrected chi connectivity index (χ4v) is 2.03. The van der Waals surface area contributed by atoms with Gasteiger partial charge in [-0.1, -0.05) is 29.8 Å². The van der Waals surface area contributed by atoms with Crippen LogP contribution in [-0.2, 0) is 0 Å². The van der Waals surface area contributed by atoms with Crippen molar-refractivity contribution in [3.63, 3.8) is 0 Å². The Kier molecular flexibility index (Phi) is 4.39. The van der Waals surface area contributed by atoms with E-state index in [1.807, 2.05) is 12.1 Å². The Morgan fingerprint density at radius 1 is 1.17 bits per heavy atom. The van der Waals surface area contributed by atoms with Crippen LogP contribution in [0.4, 0.5) is 0 Å². The van der Waals surface area contributed by atoms with Gasteiger partial charge in [0.25, 0.3) is 5.91 Å². The van der Waals surface area contributed by atoms with Gasteiger partial charge in [-0.3, -0.25) is 4.79 Å². The molecule has 7 nitrogen and oxygen atoms in total. The van der Waals surface area contributed by atoms with E-state index in [-0.39, 0.29) is 5.91 Å². The molecule has 0 atom stereocenters. The average Bonchev–Trinajstić information content (AvgIpc) is 3.11. The lowest BCUT2D eigenvalue weighted by Gasteiger charge is -2.02. The fourth-order valence-electron chi connectivity index (χ4n) is 1.85. The molecule has 1 amide bonds. The van der Waals surface area contributed by atoms with E-state index < -0.39 is 0 Å². The lowest BCUT2D eigenvalue weighted by molar-refractivity contribution is 0.0955. The van der Waals surface area contributed by atoms with Crippen molar-refractivity contribution < 1.29 is 4.79 Å². The first-order valence-electron chi connectivity index (χ1n) is 6.65. The molecule has 0 unspecified atom stereocenters. The predicted molar refractivity (Wildman–Crippen MR) is 85.7 cm³/mol. The number of tetrazole rings is 1. The van der Waals surface area contributed by atoms with Gasteiger partial charge in [0.2, 0.25) is 0 Å². The minimum Gasteiger partial charge on any atom is -0.267 e. The Balaban J connectivity index is 1.66. The summed E-state index contributed by atoms with van der Waals surface area (Å²) in [6.45, 7) is 0. The highest BCUT2D eigenvalue weighted by Crippen LogP contribution is 2.12. The van der Waals surface area contributed by atoms with E-state index in [2.05, 4.69) is 26.1 Å². The van der Waals surface area contributed by atoms with Crippen molar-refractivity contribution in [2.45, 2.75) is 0 Å². The molecule has 0 bridgehead atoms. The molecule has 0 radical (unpaired) electrons. The van der Waals surface area contributed by atoms with Crippen LogP contribution in [0.5, 0.6) is 0 Å². The minimum absolute atomic E-state index is 0.323. The number of carbonyl (C=O) groups is 1. The highest BCUT2D eigenvalue weighted by Gasteiger charge is 2.05. The maximum Gasteiger partial charge on any atom is 0.271 e. The standard InChI is InChI=1S/C15H11ClN6O/c16-14-4-2-1-3-12(14)9-17-19-15(23)11-5-7-13(8-6-11)22-10-18-20-21-22/h1-10H,(H,19,23). The molecule has 3 aromatic rings. The van der Waals surface area contributed by atoms with Crippen molar-refractivity contribution in [2.75, 3.05) is 0 Å². The fraction of sp³-hybridized carbons (Fsp3) is 0. The average molecular weight is 327 g/mol. The van der Waals surface area contributed by atoms with Crippen molar-refractivity contribution in [3.8, 4) is 5.69 Å². The van der Waals surface area contributed by atoms with Gasteiger partial charge in [-0.15, -0.1) is 5.10 Å². The first-order chi connectivity index (χ1) is 11.2. The van der Waals surface area contributed by atoms with Gasteiger partial charge in [0.15, 0.2) is 0 Å². The van der Waals surface area contributed by atoms with Gasteiger partial charge in [0, 0.05) is 16.1 Å². The number of hydrazone groups is 1. The number of benzene rings is 2. The summed E-state index contributed by atoms with van der Waals surface area (Å²) in [6.07, 6.45) is 2.97. The number of halogens is 1. The molecule has 0 saturated heterocycles.